The lowest BCUT2D eigenvalue weighted by atomic mass is 9.84. The minimum absolute atomic E-state index is 0.160. The Labute approximate surface area is 112 Å². The topological polar surface area (TPSA) is 107 Å². The van der Waals surface area contributed by atoms with Crippen LogP contribution in [0.25, 0.3) is 0 Å². The van der Waals surface area contributed by atoms with Crippen LogP contribution in [-0.2, 0) is 19.1 Å². The zero-order chi connectivity index (χ0) is 15.7. The predicted octanol–water partition coefficient (Wildman–Crippen LogP) is 0.345. The number of esters is 1. The van der Waals surface area contributed by atoms with E-state index in [-0.39, 0.29) is 35.5 Å². The number of carbonyl (C=O) groups is 3. The highest BCUT2D eigenvalue weighted by Crippen LogP contribution is 2.45. The fraction of sp³-hybridized carbons (Fsp3) is 0.727. The Morgan fingerprint density at radius 3 is 2.25 bits per heavy atom. The smallest absolute Gasteiger partial charge is 0.475 e. The Morgan fingerprint density at radius 2 is 1.90 bits per heavy atom. The van der Waals surface area contributed by atoms with E-state index in [1.165, 1.54) is 7.11 Å². The monoisotopic (exact) mass is 297 g/mol. The van der Waals surface area contributed by atoms with Crippen LogP contribution in [0.5, 0.6) is 0 Å². The summed E-state index contributed by atoms with van der Waals surface area (Å²) in [6.07, 6.45) is -3.75. The third kappa shape index (κ3) is 3.27. The minimum Gasteiger partial charge on any atom is -0.475 e. The maximum atomic E-state index is 11.3. The number of halogens is 3. The minimum atomic E-state index is -5.08. The molecule has 0 saturated heterocycles. The van der Waals surface area contributed by atoms with E-state index < -0.39 is 12.1 Å². The summed E-state index contributed by atoms with van der Waals surface area (Å²) >= 11 is 0. The molecule has 2 bridgehead atoms. The first-order chi connectivity index (χ1) is 9.09. The highest BCUT2D eigenvalue weighted by atomic mass is 19.4. The number of carboxylic acid groups (broad SMARTS) is 1. The van der Waals surface area contributed by atoms with Crippen molar-refractivity contribution in [2.24, 2.45) is 23.5 Å². The number of carboxylic acids is 1. The molecule has 2 fully saturated rings. The molecule has 6 nitrogen and oxygen atoms in total. The molecule has 114 valence electrons. The van der Waals surface area contributed by atoms with E-state index >= 15 is 0 Å². The van der Waals surface area contributed by atoms with Crippen molar-refractivity contribution in [3.05, 3.63) is 0 Å². The molecular formula is C11H14F3NO5. The summed E-state index contributed by atoms with van der Waals surface area (Å²) in [7, 11) is 1.34. The van der Waals surface area contributed by atoms with Crippen LogP contribution in [0.1, 0.15) is 12.8 Å². The molecule has 4 atom stereocenters. The molecule has 0 amide bonds. The quantitative estimate of drug-likeness (QED) is 0.676. The molecule has 0 radical (unpaired) electrons. The number of hydrogen-bond donors (Lipinski definition) is 2. The Balaban J connectivity index is 0.000000246. The van der Waals surface area contributed by atoms with Gasteiger partial charge in [-0.15, -0.1) is 0 Å². The molecule has 2 aliphatic rings. The Hall–Kier alpha value is -1.64. The second kappa shape index (κ2) is 5.78. The zero-order valence-electron chi connectivity index (χ0n) is 10.5. The van der Waals surface area contributed by atoms with Gasteiger partial charge in [-0.25, -0.2) is 4.79 Å². The van der Waals surface area contributed by atoms with Gasteiger partial charge in [0.25, 0.3) is 0 Å². The number of hydrogen-bond acceptors (Lipinski definition) is 5. The van der Waals surface area contributed by atoms with Crippen LogP contribution in [0, 0.1) is 17.8 Å². The molecule has 9 heteroatoms. The number of Topliss-reactive ketones (excluding diaryl/α,β-unsaturated/α-hetero) is 1. The summed E-state index contributed by atoms with van der Waals surface area (Å²) in [6.45, 7) is 0. The van der Waals surface area contributed by atoms with Crippen LogP contribution in [-0.4, -0.2) is 42.2 Å². The summed E-state index contributed by atoms with van der Waals surface area (Å²) in [5, 5.41) is 7.12. The van der Waals surface area contributed by atoms with Gasteiger partial charge in [-0.2, -0.15) is 13.2 Å². The number of fused-ring (bicyclic) bond motifs is 2. The summed E-state index contributed by atoms with van der Waals surface area (Å²) in [6, 6.07) is -0.171. The molecule has 0 aromatic rings. The van der Waals surface area contributed by atoms with Crippen molar-refractivity contribution in [1.82, 2.24) is 0 Å². The van der Waals surface area contributed by atoms with Gasteiger partial charge >= 0.3 is 18.1 Å². The van der Waals surface area contributed by atoms with E-state index in [9.17, 15) is 22.8 Å². The molecule has 0 aliphatic heterocycles. The first-order valence-corrected chi connectivity index (χ1v) is 5.75. The molecular weight excluding hydrogens is 283 g/mol. The van der Waals surface area contributed by atoms with Crippen molar-refractivity contribution >= 4 is 17.7 Å². The number of nitrogens with two attached hydrogens (primary N) is 1. The van der Waals surface area contributed by atoms with Crippen LogP contribution in [0.2, 0.25) is 0 Å². The predicted molar refractivity (Wildman–Crippen MR) is 58.4 cm³/mol. The Kier molecular flexibility index (Phi) is 4.74. The van der Waals surface area contributed by atoms with Crippen molar-refractivity contribution in [2.45, 2.75) is 25.1 Å². The Morgan fingerprint density at radius 1 is 1.40 bits per heavy atom. The van der Waals surface area contributed by atoms with Crippen molar-refractivity contribution < 1.29 is 37.4 Å². The molecule has 0 aromatic heterocycles. The highest BCUT2D eigenvalue weighted by molar-refractivity contribution is 5.91. The molecule has 20 heavy (non-hydrogen) atoms. The van der Waals surface area contributed by atoms with Crippen LogP contribution in [0.3, 0.4) is 0 Å². The van der Waals surface area contributed by atoms with E-state index in [0.717, 1.165) is 6.42 Å². The van der Waals surface area contributed by atoms with Crippen LogP contribution in [0.4, 0.5) is 13.2 Å². The standard InChI is InChI=1S/C9H13NO3.C2HF3O2/c1-13-9(12)7-5-2-4(8(7)10)3-6(5)11;3-2(4,5)1(6)7/h4-5,7-8H,2-3,10H2,1H3;(H,6,7)/t4-,5+,7+,8-;/m1./s1. The van der Waals surface area contributed by atoms with Gasteiger partial charge in [-0.3, -0.25) is 9.59 Å². The van der Waals surface area contributed by atoms with E-state index in [1.54, 1.807) is 0 Å². The number of aliphatic carboxylic acids is 1. The molecule has 0 unspecified atom stereocenters. The second-order valence-electron chi connectivity index (χ2n) is 4.70. The van der Waals surface area contributed by atoms with Gasteiger partial charge in [0.2, 0.25) is 0 Å². The average molecular weight is 297 g/mol. The lowest BCUT2D eigenvalue weighted by Crippen LogP contribution is -2.43. The van der Waals surface area contributed by atoms with Gasteiger partial charge < -0.3 is 15.6 Å². The lowest BCUT2D eigenvalue weighted by molar-refractivity contribution is -0.192. The lowest BCUT2D eigenvalue weighted by Gasteiger charge is -2.24. The van der Waals surface area contributed by atoms with E-state index in [1.807, 2.05) is 0 Å². The molecule has 0 spiro atoms. The summed E-state index contributed by atoms with van der Waals surface area (Å²) in [4.78, 5) is 31.6. The van der Waals surface area contributed by atoms with Gasteiger partial charge in [-0.1, -0.05) is 0 Å². The zero-order valence-corrected chi connectivity index (χ0v) is 10.5. The third-order valence-corrected chi connectivity index (χ3v) is 3.54. The van der Waals surface area contributed by atoms with E-state index in [4.69, 9.17) is 15.6 Å². The first kappa shape index (κ1) is 16.4. The van der Waals surface area contributed by atoms with Gasteiger partial charge in [0.05, 0.1) is 13.0 Å². The number of methoxy groups -OCH3 is 1. The number of rotatable bonds is 1. The average Bonchev–Trinajstić information content (AvgIpc) is 2.84. The van der Waals surface area contributed by atoms with Gasteiger partial charge in [0, 0.05) is 18.4 Å². The molecule has 0 aromatic carbocycles. The largest absolute Gasteiger partial charge is 0.490 e. The molecule has 2 aliphatic carbocycles. The number of ketones is 1. The van der Waals surface area contributed by atoms with Crippen molar-refractivity contribution in [2.75, 3.05) is 7.11 Å². The molecule has 2 rings (SSSR count). The number of ether oxygens (including phenoxy) is 1. The second-order valence-corrected chi connectivity index (χ2v) is 4.70. The van der Waals surface area contributed by atoms with Crippen molar-refractivity contribution in [3.63, 3.8) is 0 Å². The van der Waals surface area contributed by atoms with E-state index in [0.29, 0.717) is 6.42 Å². The molecule has 0 heterocycles. The number of alkyl halides is 3. The summed E-state index contributed by atoms with van der Waals surface area (Å²) < 4.78 is 36.4. The fourth-order valence-electron chi connectivity index (χ4n) is 2.61. The fourth-order valence-corrected chi connectivity index (χ4v) is 2.61. The summed E-state index contributed by atoms with van der Waals surface area (Å²) in [5.74, 6) is -3.23. The first-order valence-electron chi connectivity index (χ1n) is 5.75. The maximum absolute atomic E-state index is 11.3. The van der Waals surface area contributed by atoms with Crippen molar-refractivity contribution in [1.29, 1.82) is 0 Å². The SMILES string of the molecule is COC(=O)[C@@H]1[C@H](N)[C@H]2CC(=O)[C@@H]1C2.O=C(O)C(F)(F)F. The normalized spacial score (nSPS) is 31.6. The van der Waals surface area contributed by atoms with Crippen LogP contribution >= 0.6 is 0 Å². The van der Waals surface area contributed by atoms with Crippen LogP contribution < -0.4 is 5.73 Å². The highest BCUT2D eigenvalue weighted by Gasteiger charge is 2.54. The van der Waals surface area contributed by atoms with Gasteiger partial charge in [0.15, 0.2) is 0 Å². The maximum Gasteiger partial charge on any atom is 0.490 e. The van der Waals surface area contributed by atoms with Crippen molar-refractivity contribution in [3.8, 4) is 0 Å². The molecule has 3 N–H and O–H groups in total. The third-order valence-electron chi connectivity index (χ3n) is 3.54. The summed E-state index contributed by atoms with van der Waals surface area (Å²) in [5.41, 5.74) is 5.85. The van der Waals surface area contributed by atoms with E-state index in [2.05, 4.69) is 4.74 Å². The van der Waals surface area contributed by atoms with Gasteiger partial charge in [-0.05, 0) is 12.3 Å². The molecule has 2 saturated carbocycles. The van der Waals surface area contributed by atoms with Gasteiger partial charge in [0.1, 0.15) is 5.78 Å². The van der Waals surface area contributed by atoms with Crippen LogP contribution in [0.15, 0.2) is 0 Å². The number of carbonyl (C=O) groups excluding carboxylic acids is 2. The Bertz CT molecular complexity index is 423.